The number of aryl methyl sites for hydroxylation is 1. The summed E-state index contributed by atoms with van der Waals surface area (Å²) in [5, 5.41) is 14.8. The van der Waals surface area contributed by atoms with Crippen molar-refractivity contribution in [3.63, 3.8) is 0 Å². The molecule has 0 radical (unpaired) electrons. The van der Waals surface area contributed by atoms with E-state index >= 15 is 0 Å². The molecule has 11 heteroatoms. The molecule has 0 saturated carbocycles. The lowest BCUT2D eigenvalue weighted by Crippen LogP contribution is -2.36. The Hall–Kier alpha value is -1.62. The fraction of sp³-hybridized carbons (Fsp3) is 0.667. The normalized spacial score (nSPS) is 20.1. The smallest absolute Gasteiger partial charge is 0.287 e. The van der Waals surface area contributed by atoms with Crippen LogP contribution in [-0.2, 0) is 20.1 Å². The number of tetrazole rings is 1. The Labute approximate surface area is 134 Å². The molecule has 2 aromatic heterocycles. The Morgan fingerprint density at radius 3 is 2.91 bits per heavy atom. The van der Waals surface area contributed by atoms with Crippen LogP contribution in [0.1, 0.15) is 17.4 Å². The van der Waals surface area contributed by atoms with E-state index < -0.39 is 12.7 Å². The van der Waals surface area contributed by atoms with Gasteiger partial charge in [0.05, 0.1) is 12.7 Å². The van der Waals surface area contributed by atoms with Gasteiger partial charge in [-0.1, -0.05) is 0 Å². The minimum absolute atomic E-state index is 0.0958. The maximum Gasteiger partial charge on any atom is 0.408 e. The molecule has 0 amide bonds. The van der Waals surface area contributed by atoms with E-state index in [-0.39, 0.29) is 18.4 Å². The van der Waals surface area contributed by atoms with E-state index in [9.17, 15) is 13.2 Å². The zero-order valence-corrected chi connectivity index (χ0v) is 13.3. The Morgan fingerprint density at radius 1 is 1.39 bits per heavy atom. The lowest BCUT2D eigenvalue weighted by Gasteiger charge is -2.34. The monoisotopic (exact) mass is 347 g/mol. The van der Waals surface area contributed by atoms with Gasteiger partial charge in [0.2, 0.25) is 0 Å². The predicted octanol–water partition coefficient (Wildman–Crippen LogP) is 1.26. The Balaban J connectivity index is 1.76. The molecule has 0 bridgehead atoms. The number of alkyl halides is 3. The van der Waals surface area contributed by atoms with Crippen LogP contribution in [0.3, 0.4) is 0 Å². The van der Waals surface area contributed by atoms with Gasteiger partial charge in [0, 0.05) is 42.9 Å². The van der Waals surface area contributed by atoms with Gasteiger partial charge >= 0.3 is 6.18 Å². The fourth-order valence-electron chi connectivity index (χ4n) is 2.56. The summed E-state index contributed by atoms with van der Waals surface area (Å²) in [6, 6.07) is 0.0958. The Bertz CT molecular complexity index is 653. The van der Waals surface area contributed by atoms with Gasteiger partial charge in [-0.05, 0) is 10.4 Å². The molecule has 0 N–H and O–H groups in total. The number of aromatic nitrogens is 6. The highest BCUT2D eigenvalue weighted by molar-refractivity contribution is 7.99. The highest BCUT2D eigenvalue weighted by atomic mass is 32.2. The van der Waals surface area contributed by atoms with Gasteiger partial charge < -0.3 is 0 Å². The van der Waals surface area contributed by atoms with Gasteiger partial charge in [-0.15, -0.1) is 5.10 Å². The molecule has 1 saturated heterocycles. The topological polar surface area (TPSA) is 64.7 Å². The van der Waals surface area contributed by atoms with Gasteiger partial charge in [-0.3, -0.25) is 9.58 Å². The molecule has 7 nitrogen and oxygen atoms in total. The molecule has 1 aliphatic rings. The highest BCUT2D eigenvalue weighted by Gasteiger charge is 2.32. The van der Waals surface area contributed by atoms with Crippen molar-refractivity contribution >= 4 is 11.8 Å². The van der Waals surface area contributed by atoms with E-state index in [4.69, 9.17) is 0 Å². The lowest BCUT2D eigenvalue weighted by molar-refractivity contribution is -0.143. The Morgan fingerprint density at radius 2 is 2.22 bits per heavy atom. The van der Waals surface area contributed by atoms with Crippen LogP contribution in [0, 0.1) is 0 Å². The summed E-state index contributed by atoms with van der Waals surface area (Å²) in [7, 11) is 1.84. The zero-order chi connectivity index (χ0) is 16.4. The minimum atomic E-state index is -4.34. The second-order valence-electron chi connectivity index (χ2n) is 5.38. The number of thioether (sulfide) groups is 1. The summed E-state index contributed by atoms with van der Waals surface area (Å²) in [6.07, 6.45) is -0.616. The van der Waals surface area contributed by atoms with Crippen molar-refractivity contribution < 1.29 is 13.2 Å². The maximum absolute atomic E-state index is 12.6. The molecule has 3 rings (SSSR count). The summed E-state index contributed by atoms with van der Waals surface area (Å²) in [5.74, 6) is 2.02. The van der Waals surface area contributed by atoms with Crippen LogP contribution in [0.4, 0.5) is 13.2 Å². The first-order valence-electron chi connectivity index (χ1n) is 7.04. The standard InChI is InChI=1S/C12H16F3N7S/c1-20-5-9(4-16-20)10-7-23-3-2-21(10)6-11-17-18-19-22(11)8-12(13,14)15/h4-5,10H,2-3,6-8H2,1H3/t10-/m0/s1. The quantitative estimate of drug-likeness (QED) is 0.830. The fourth-order valence-corrected chi connectivity index (χ4v) is 3.71. The van der Waals surface area contributed by atoms with Gasteiger partial charge in [0.15, 0.2) is 5.82 Å². The SMILES string of the molecule is Cn1cc([C@@H]2CSCCN2Cc2nnnn2CC(F)(F)F)cn1. The number of nitrogens with zero attached hydrogens (tertiary/aromatic N) is 7. The molecule has 1 fully saturated rings. The molecule has 126 valence electrons. The molecule has 0 aromatic carbocycles. The van der Waals surface area contributed by atoms with Crippen LogP contribution in [0.2, 0.25) is 0 Å². The lowest BCUT2D eigenvalue weighted by atomic mass is 10.1. The first kappa shape index (κ1) is 16.2. The van der Waals surface area contributed by atoms with Crippen LogP contribution in [0.25, 0.3) is 0 Å². The molecule has 1 atom stereocenters. The van der Waals surface area contributed by atoms with Crippen molar-refractivity contribution in [1.82, 2.24) is 34.9 Å². The third-order valence-corrected chi connectivity index (χ3v) is 4.65. The van der Waals surface area contributed by atoms with Crippen LogP contribution in [0.15, 0.2) is 12.4 Å². The molecule has 0 spiro atoms. The molecular formula is C12H16F3N7S. The molecule has 3 heterocycles. The van der Waals surface area contributed by atoms with Crippen LogP contribution in [-0.4, -0.2) is 59.1 Å². The molecular weight excluding hydrogens is 331 g/mol. The van der Waals surface area contributed by atoms with E-state index in [1.807, 2.05) is 25.0 Å². The van der Waals surface area contributed by atoms with Crippen LogP contribution < -0.4 is 0 Å². The van der Waals surface area contributed by atoms with E-state index in [0.29, 0.717) is 0 Å². The molecule has 2 aromatic rings. The van der Waals surface area contributed by atoms with E-state index in [2.05, 4.69) is 25.5 Å². The van der Waals surface area contributed by atoms with Crippen molar-refractivity contribution in [2.45, 2.75) is 25.3 Å². The van der Waals surface area contributed by atoms with E-state index in [1.54, 1.807) is 10.9 Å². The summed E-state index contributed by atoms with van der Waals surface area (Å²) >= 11 is 1.82. The number of hydrogen-bond acceptors (Lipinski definition) is 6. The number of rotatable bonds is 4. The second kappa shape index (κ2) is 6.48. The highest BCUT2D eigenvalue weighted by Crippen LogP contribution is 2.30. The largest absolute Gasteiger partial charge is 0.408 e. The van der Waals surface area contributed by atoms with Crippen molar-refractivity contribution in [1.29, 1.82) is 0 Å². The number of halogens is 3. The van der Waals surface area contributed by atoms with Crippen molar-refractivity contribution in [3.05, 3.63) is 23.8 Å². The molecule has 1 aliphatic heterocycles. The maximum atomic E-state index is 12.6. The van der Waals surface area contributed by atoms with Crippen molar-refractivity contribution in [3.8, 4) is 0 Å². The van der Waals surface area contributed by atoms with Gasteiger partial charge in [0.1, 0.15) is 6.54 Å². The predicted molar refractivity (Wildman–Crippen MR) is 77.6 cm³/mol. The van der Waals surface area contributed by atoms with Crippen LogP contribution >= 0.6 is 11.8 Å². The summed E-state index contributed by atoms with van der Waals surface area (Å²) in [6.45, 7) is -0.123. The third-order valence-electron chi connectivity index (χ3n) is 3.63. The first-order chi connectivity index (χ1) is 10.9. The minimum Gasteiger partial charge on any atom is -0.287 e. The number of hydrogen-bond donors (Lipinski definition) is 0. The summed E-state index contributed by atoms with van der Waals surface area (Å²) in [4.78, 5) is 2.10. The van der Waals surface area contributed by atoms with Crippen molar-refractivity contribution in [2.24, 2.45) is 7.05 Å². The summed E-state index contributed by atoms with van der Waals surface area (Å²) < 4.78 is 40.3. The van der Waals surface area contributed by atoms with E-state index in [0.717, 1.165) is 28.3 Å². The van der Waals surface area contributed by atoms with Crippen molar-refractivity contribution in [2.75, 3.05) is 18.1 Å². The molecule has 0 aliphatic carbocycles. The van der Waals surface area contributed by atoms with Gasteiger partial charge in [-0.25, -0.2) is 4.68 Å². The average molecular weight is 347 g/mol. The van der Waals surface area contributed by atoms with Gasteiger partial charge in [0.25, 0.3) is 0 Å². The van der Waals surface area contributed by atoms with Gasteiger partial charge in [-0.2, -0.15) is 30.0 Å². The molecule has 0 unspecified atom stereocenters. The Kier molecular flexibility index (Phi) is 4.57. The van der Waals surface area contributed by atoms with E-state index in [1.165, 1.54) is 0 Å². The second-order valence-corrected chi connectivity index (χ2v) is 6.53. The van der Waals surface area contributed by atoms with Crippen LogP contribution in [0.5, 0.6) is 0 Å². The zero-order valence-electron chi connectivity index (χ0n) is 12.4. The molecule has 23 heavy (non-hydrogen) atoms. The average Bonchev–Trinajstić information content (AvgIpc) is 3.08. The third kappa shape index (κ3) is 4.02. The first-order valence-corrected chi connectivity index (χ1v) is 8.20. The summed E-state index contributed by atoms with van der Waals surface area (Å²) in [5.41, 5.74) is 1.05.